The van der Waals surface area contributed by atoms with Crippen LogP contribution in [0.2, 0.25) is 5.02 Å². The average molecular weight is 349 g/mol. The van der Waals surface area contributed by atoms with Gasteiger partial charge in [0.05, 0.1) is 12.1 Å². The van der Waals surface area contributed by atoms with E-state index in [1.54, 1.807) is 29.6 Å². The zero-order chi connectivity index (χ0) is 17.0. The van der Waals surface area contributed by atoms with Gasteiger partial charge in [-0.15, -0.1) is 17.8 Å². The molecule has 23 heavy (non-hydrogen) atoms. The number of ether oxygens (including phenoxy) is 1. The van der Waals surface area contributed by atoms with Gasteiger partial charge >= 0.3 is 5.91 Å². The summed E-state index contributed by atoms with van der Waals surface area (Å²) in [5, 5.41) is 2.07. The zero-order valence-corrected chi connectivity index (χ0v) is 13.7. The second kappa shape index (κ2) is 7.18. The van der Waals surface area contributed by atoms with Gasteiger partial charge in [-0.2, -0.15) is 0 Å². The summed E-state index contributed by atoms with van der Waals surface area (Å²) < 4.78 is 5.08. The van der Waals surface area contributed by atoms with E-state index in [1.807, 2.05) is 5.92 Å². The fourth-order valence-corrected chi connectivity index (χ4v) is 3.17. The number of methoxy groups -OCH3 is 1. The van der Waals surface area contributed by atoms with Crippen LogP contribution in [0.5, 0.6) is 5.75 Å². The second-order valence-corrected chi connectivity index (χ2v) is 5.85. The van der Waals surface area contributed by atoms with Gasteiger partial charge < -0.3 is 10.5 Å². The number of rotatable bonds is 5. The molecule has 1 aromatic heterocycles. The molecule has 0 aliphatic carbocycles. The first kappa shape index (κ1) is 16.9. The quantitative estimate of drug-likeness (QED) is 0.844. The largest absolute Gasteiger partial charge is 0.495 e. The van der Waals surface area contributed by atoms with Crippen molar-refractivity contribution in [2.24, 2.45) is 5.73 Å². The molecule has 0 spiro atoms. The van der Waals surface area contributed by atoms with Crippen LogP contribution in [0.15, 0.2) is 35.7 Å². The highest BCUT2D eigenvalue weighted by Gasteiger charge is 2.31. The SMILES string of the molecule is C#CC(=O)N(c1ccc(OC)c(Cl)c1)C(C(N)=O)c1cccs1. The van der Waals surface area contributed by atoms with Crippen molar-refractivity contribution in [3.05, 3.63) is 45.6 Å². The van der Waals surface area contributed by atoms with Gasteiger partial charge in [0.2, 0.25) is 5.91 Å². The highest BCUT2D eigenvalue weighted by Crippen LogP contribution is 2.34. The fourth-order valence-electron chi connectivity index (χ4n) is 2.10. The molecule has 1 unspecified atom stereocenters. The predicted octanol–water partition coefficient (Wildman–Crippen LogP) is 2.60. The fraction of sp³-hybridized carbons (Fsp3) is 0.125. The van der Waals surface area contributed by atoms with Crippen molar-refractivity contribution in [2.75, 3.05) is 12.0 Å². The third kappa shape index (κ3) is 3.47. The van der Waals surface area contributed by atoms with Gasteiger partial charge in [-0.05, 0) is 35.6 Å². The van der Waals surface area contributed by atoms with E-state index in [1.165, 1.54) is 24.5 Å². The molecule has 1 atom stereocenters. The molecule has 5 nitrogen and oxygen atoms in total. The van der Waals surface area contributed by atoms with E-state index in [4.69, 9.17) is 28.5 Å². The lowest BCUT2D eigenvalue weighted by atomic mass is 10.1. The van der Waals surface area contributed by atoms with Crippen LogP contribution in [0.25, 0.3) is 0 Å². The summed E-state index contributed by atoms with van der Waals surface area (Å²) in [5.41, 5.74) is 5.86. The lowest BCUT2D eigenvalue weighted by Crippen LogP contribution is -2.41. The van der Waals surface area contributed by atoms with E-state index in [0.717, 1.165) is 4.90 Å². The van der Waals surface area contributed by atoms with Gasteiger partial charge in [-0.3, -0.25) is 14.5 Å². The number of nitrogens with zero attached hydrogens (tertiary/aromatic N) is 1. The standard InChI is InChI=1S/C16H13ClN2O3S/c1-3-14(20)19(10-6-7-12(22-2)11(17)9-10)15(16(18)21)13-5-4-8-23-13/h1,4-9,15H,2H3,(H2,18,21). The Hall–Kier alpha value is -2.49. The first-order valence-electron chi connectivity index (χ1n) is 6.45. The molecule has 1 heterocycles. The van der Waals surface area contributed by atoms with E-state index in [9.17, 15) is 9.59 Å². The summed E-state index contributed by atoms with van der Waals surface area (Å²) in [6.45, 7) is 0. The van der Waals surface area contributed by atoms with Crippen molar-refractivity contribution < 1.29 is 14.3 Å². The molecule has 0 saturated carbocycles. The maximum Gasteiger partial charge on any atom is 0.303 e. The Balaban J connectivity index is 2.57. The average Bonchev–Trinajstić information content (AvgIpc) is 3.05. The van der Waals surface area contributed by atoms with Gasteiger partial charge in [0, 0.05) is 10.6 Å². The summed E-state index contributed by atoms with van der Waals surface area (Å²) in [5.74, 6) is 1.08. The van der Waals surface area contributed by atoms with Crippen LogP contribution in [0.4, 0.5) is 5.69 Å². The number of thiophene rings is 1. The minimum atomic E-state index is -1.01. The summed E-state index contributed by atoms with van der Waals surface area (Å²) in [4.78, 5) is 25.9. The lowest BCUT2D eigenvalue weighted by Gasteiger charge is -2.27. The van der Waals surface area contributed by atoms with Crippen molar-refractivity contribution >= 4 is 40.4 Å². The van der Waals surface area contributed by atoms with Gasteiger partial charge in [-0.1, -0.05) is 17.7 Å². The summed E-state index contributed by atoms with van der Waals surface area (Å²) in [6.07, 6.45) is 5.25. The molecule has 2 N–H and O–H groups in total. The van der Waals surface area contributed by atoms with Crippen molar-refractivity contribution in [3.8, 4) is 18.1 Å². The monoisotopic (exact) mass is 348 g/mol. The number of hydrogen-bond donors (Lipinski definition) is 1. The molecular formula is C16H13ClN2O3S. The number of anilines is 1. The third-order valence-corrected chi connectivity index (χ3v) is 4.32. The molecule has 0 fully saturated rings. The molecule has 2 amide bonds. The smallest absolute Gasteiger partial charge is 0.303 e. The topological polar surface area (TPSA) is 72.6 Å². The molecule has 0 aliphatic rings. The Bertz CT molecular complexity index is 768. The number of benzene rings is 1. The van der Waals surface area contributed by atoms with Gasteiger partial charge in [0.25, 0.3) is 0 Å². The first-order chi connectivity index (χ1) is 11.0. The highest BCUT2D eigenvalue weighted by atomic mass is 35.5. The molecular weight excluding hydrogens is 336 g/mol. The minimum absolute atomic E-state index is 0.286. The van der Waals surface area contributed by atoms with E-state index < -0.39 is 17.9 Å². The first-order valence-corrected chi connectivity index (χ1v) is 7.71. The number of primary amides is 1. The predicted molar refractivity (Wildman–Crippen MR) is 90.6 cm³/mol. The van der Waals surface area contributed by atoms with Crippen LogP contribution in [-0.2, 0) is 9.59 Å². The van der Waals surface area contributed by atoms with Crippen molar-refractivity contribution in [2.45, 2.75) is 6.04 Å². The van der Waals surface area contributed by atoms with Crippen LogP contribution in [0.3, 0.4) is 0 Å². The Labute approximate surface area is 142 Å². The van der Waals surface area contributed by atoms with E-state index in [-0.39, 0.29) is 5.02 Å². The van der Waals surface area contributed by atoms with Crippen molar-refractivity contribution in [3.63, 3.8) is 0 Å². The van der Waals surface area contributed by atoms with Crippen LogP contribution < -0.4 is 15.4 Å². The molecule has 0 aliphatic heterocycles. The van der Waals surface area contributed by atoms with Gasteiger partial charge in [0.15, 0.2) is 6.04 Å². The molecule has 2 aromatic rings. The summed E-state index contributed by atoms with van der Waals surface area (Å²) in [6, 6.07) is 7.13. The molecule has 0 bridgehead atoms. The number of amides is 2. The normalized spacial score (nSPS) is 11.3. The lowest BCUT2D eigenvalue weighted by molar-refractivity contribution is -0.122. The molecule has 1 aromatic carbocycles. The molecule has 0 radical (unpaired) electrons. The van der Waals surface area contributed by atoms with Crippen LogP contribution in [0, 0.1) is 12.3 Å². The number of hydrogen-bond acceptors (Lipinski definition) is 4. The third-order valence-electron chi connectivity index (χ3n) is 3.10. The maximum absolute atomic E-state index is 12.2. The Morgan fingerprint density at radius 1 is 1.43 bits per heavy atom. The number of carbonyl (C=O) groups excluding carboxylic acids is 2. The van der Waals surface area contributed by atoms with E-state index in [2.05, 4.69) is 0 Å². The van der Waals surface area contributed by atoms with E-state index in [0.29, 0.717) is 16.3 Å². The Kier molecular flexibility index (Phi) is 5.27. The molecule has 0 saturated heterocycles. The Morgan fingerprint density at radius 2 is 2.17 bits per heavy atom. The van der Waals surface area contributed by atoms with Crippen molar-refractivity contribution in [1.82, 2.24) is 0 Å². The van der Waals surface area contributed by atoms with Gasteiger partial charge in [-0.25, -0.2) is 0 Å². The van der Waals surface area contributed by atoms with Crippen LogP contribution in [0.1, 0.15) is 10.9 Å². The Morgan fingerprint density at radius 3 is 2.65 bits per heavy atom. The van der Waals surface area contributed by atoms with Crippen LogP contribution in [-0.4, -0.2) is 18.9 Å². The number of nitrogens with two attached hydrogens (primary N) is 1. The summed E-state index contributed by atoms with van der Waals surface area (Å²) >= 11 is 7.40. The second-order valence-electron chi connectivity index (χ2n) is 4.46. The number of terminal acetylenes is 1. The minimum Gasteiger partial charge on any atom is -0.495 e. The summed E-state index contributed by atoms with van der Waals surface area (Å²) in [7, 11) is 1.48. The maximum atomic E-state index is 12.2. The zero-order valence-electron chi connectivity index (χ0n) is 12.2. The van der Waals surface area contributed by atoms with Crippen LogP contribution >= 0.6 is 22.9 Å². The van der Waals surface area contributed by atoms with E-state index >= 15 is 0 Å². The molecule has 7 heteroatoms. The highest BCUT2D eigenvalue weighted by molar-refractivity contribution is 7.10. The number of halogens is 1. The van der Waals surface area contributed by atoms with Gasteiger partial charge in [0.1, 0.15) is 5.75 Å². The molecule has 2 rings (SSSR count). The van der Waals surface area contributed by atoms with Crippen molar-refractivity contribution in [1.29, 1.82) is 0 Å². The molecule has 118 valence electrons. The number of carbonyl (C=O) groups is 2.